The van der Waals surface area contributed by atoms with Gasteiger partial charge >= 0.3 is 6.16 Å². The van der Waals surface area contributed by atoms with Crippen LogP contribution in [0, 0.1) is 0 Å². The van der Waals surface area contributed by atoms with Gasteiger partial charge in [-0.15, -0.1) is 0 Å². The fourth-order valence-corrected chi connectivity index (χ4v) is 0.826. The second-order valence-corrected chi connectivity index (χ2v) is 2.45. The molecule has 0 aromatic heterocycles. The summed E-state index contributed by atoms with van der Waals surface area (Å²) in [5.41, 5.74) is 0. The Hall–Kier alpha value is -0.840. The standard InChI is InChI=1S/C7H11FO4/c1-2-3-10-4-5-6(8)12-7(9)11-5/h5-6H,2-4H2,1H3. The van der Waals surface area contributed by atoms with Gasteiger partial charge in [-0.2, -0.15) is 4.39 Å². The van der Waals surface area contributed by atoms with Crippen LogP contribution < -0.4 is 0 Å². The van der Waals surface area contributed by atoms with E-state index in [2.05, 4.69) is 9.47 Å². The van der Waals surface area contributed by atoms with Crippen LogP contribution in [0.5, 0.6) is 0 Å². The molecule has 0 saturated carbocycles. The minimum Gasteiger partial charge on any atom is -0.421 e. The van der Waals surface area contributed by atoms with Crippen molar-refractivity contribution in [3.8, 4) is 0 Å². The summed E-state index contributed by atoms with van der Waals surface area (Å²) in [4.78, 5) is 10.4. The fourth-order valence-electron chi connectivity index (χ4n) is 0.826. The van der Waals surface area contributed by atoms with Gasteiger partial charge in [0.2, 0.25) is 0 Å². The molecular formula is C7H11FO4. The second kappa shape index (κ2) is 4.25. The molecule has 0 radical (unpaired) electrons. The molecule has 0 amide bonds. The molecule has 0 bridgehead atoms. The van der Waals surface area contributed by atoms with E-state index in [9.17, 15) is 9.18 Å². The molecule has 1 aliphatic rings. The van der Waals surface area contributed by atoms with E-state index in [1.807, 2.05) is 6.92 Å². The van der Waals surface area contributed by atoms with Gasteiger partial charge in [0.25, 0.3) is 6.36 Å². The normalized spacial score (nSPS) is 28.3. The first kappa shape index (κ1) is 9.25. The zero-order valence-corrected chi connectivity index (χ0v) is 6.79. The monoisotopic (exact) mass is 178 g/mol. The molecule has 2 atom stereocenters. The summed E-state index contributed by atoms with van der Waals surface area (Å²) in [6, 6.07) is 0. The number of carbonyl (C=O) groups is 1. The van der Waals surface area contributed by atoms with Gasteiger partial charge in [-0.3, -0.25) is 0 Å². The van der Waals surface area contributed by atoms with Gasteiger partial charge in [-0.25, -0.2) is 4.79 Å². The van der Waals surface area contributed by atoms with E-state index >= 15 is 0 Å². The molecular weight excluding hydrogens is 167 g/mol. The average molecular weight is 178 g/mol. The zero-order chi connectivity index (χ0) is 8.97. The Morgan fingerprint density at radius 3 is 2.83 bits per heavy atom. The van der Waals surface area contributed by atoms with Crippen molar-refractivity contribution in [3.63, 3.8) is 0 Å². The van der Waals surface area contributed by atoms with Crippen LogP contribution >= 0.6 is 0 Å². The molecule has 0 aliphatic carbocycles. The van der Waals surface area contributed by atoms with Crippen LogP contribution in [-0.4, -0.2) is 31.8 Å². The largest absolute Gasteiger partial charge is 0.511 e. The number of carbonyl (C=O) groups excluding carboxylic acids is 1. The van der Waals surface area contributed by atoms with E-state index in [0.717, 1.165) is 6.42 Å². The summed E-state index contributed by atoms with van der Waals surface area (Å²) in [7, 11) is 0. The summed E-state index contributed by atoms with van der Waals surface area (Å²) in [5.74, 6) is 0. The van der Waals surface area contributed by atoms with Gasteiger partial charge in [-0.05, 0) is 6.42 Å². The van der Waals surface area contributed by atoms with Gasteiger partial charge in [0.15, 0.2) is 6.10 Å². The first-order valence-electron chi connectivity index (χ1n) is 3.83. The molecule has 70 valence electrons. The highest BCUT2D eigenvalue weighted by molar-refractivity contribution is 5.62. The van der Waals surface area contributed by atoms with Crippen LogP contribution in [0.4, 0.5) is 9.18 Å². The SMILES string of the molecule is CCCOCC1OC(=O)OC1F. The van der Waals surface area contributed by atoms with Crippen molar-refractivity contribution in [1.82, 2.24) is 0 Å². The molecule has 5 heteroatoms. The van der Waals surface area contributed by atoms with Gasteiger partial charge in [-0.1, -0.05) is 6.92 Å². The number of halogens is 1. The predicted molar refractivity (Wildman–Crippen MR) is 37.4 cm³/mol. The topological polar surface area (TPSA) is 44.8 Å². The molecule has 0 aromatic carbocycles. The molecule has 12 heavy (non-hydrogen) atoms. The van der Waals surface area contributed by atoms with Crippen molar-refractivity contribution >= 4 is 6.16 Å². The lowest BCUT2D eigenvalue weighted by Crippen LogP contribution is -2.24. The van der Waals surface area contributed by atoms with Crippen LogP contribution in [-0.2, 0) is 14.2 Å². The Kier molecular flexibility index (Phi) is 3.28. The Bertz CT molecular complexity index is 161. The zero-order valence-electron chi connectivity index (χ0n) is 6.79. The van der Waals surface area contributed by atoms with Gasteiger partial charge < -0.3 is 14.2 Å². The molecule has 4 nitrogen and oxygen atoms in total. The number of hydrogen-bond donors (Lipinski definition) is 0. The first-order valence-corrected chi connectivity index (χ1v) is 3.83. The lowest BCUT2D eigenvalue weighted by molar-refractivity contribution is -0.0159. The maximum Gasteiger partial charge on any atom is 0.511 e. The Morgan fingerprint density at radius 2 is 2.33 bits per heavy atom. The minimum atomic E-state index is -1.69. The lowest BCUT2D eigenvalue weighted by Gasteiger charge is -2.08. The highest BCUT2D eigenvalue weighted by atomic mass is 19.1. The van der Waals surface area contributed by atoms with Crippen molar-refractivity contribution in [1.29, 1.82) is 0 Å². The summed E-state index contributed by atoms with van der Waals surface area (Å²) in [6.07, 6.45) is -2.70. The van der Waals surface area contributed by atoms with Crippen LogP contribution in [0.25, 0.3) is 0 Å². The molecule has 1 rings (SSSR count). The minimum absolute atomic E-state index is 0.0563. The Morgan fingerprint density at radius 1 is 1.58 bits per heavy atom. The summed E-state index contributed by atoms with van der Waals surface area (Å²) in [6.45, 7) is 2.52. The van der Waals surface area contributed by atoms with E-state index in [0.29, 0.717) is 6.61 Å². The summed E-state index contributed by atoms with van der Waals surface area (Å²) < 4.78 is 26.2. The Labute approximate surface area is 69.6 Å². The average Bonchev–Trinajstić information content (AvgIpc) is 2.31. The maximum atomic E-state index is 12.6. The van der Waals surface area contributed by atoms with Crippen molar-refractivity contribution in [2.45, 2.75) is 25.8 Å². The van der Waals surface area contributed by atoms with E-state index in [-0.39, 0.29) is 6.61 Å². The number of ether oxygens (including phenoxy) is 3. The van der Waals surface area contributed by atoms with E-state index in [4.69, 9.17) is 4.74 Å². The quantitative estimate of drug-likeness (QED) is 0.480. The molecule has 1 saturated heterocycles. The summed E-state index contributed by atoms with van der Waals surface area (Å²) >= 11 is 0. The van der Waals surface area contributed by atoms with Crippen molar-refractivity contribution in [2.75, 3.05) is 13.2 Å². The van der Waals surface area contributed by atoms with Crippen LogP contribution in [0.1, 0.15) is 13.3 Å². The number of alkyl halides is 1. The highest BCUT2D eigenvalue weighted by Crippen LogP contribution is 2.16. The Balaban J connectivity index is 2.19. The van der Waals surface area contributed by atoms with E-state index in [1.54, 1.807) is 0 Å². The number of cyclic esters (lactones) is 2. The summed E-state index contributed by atoms with van der Waals surface area (Å²) in [5, 5.41) is 0. The highest BCUT2D eigenvalue weighted by Gasteiger charge is 2.36. The van der Waals surface area contributed by atoms with Gasteiger partial charge in [0.05, 0.1) is 6.61 Å². The van der Waals surface area contributed by atoms with Gasteiger partial charge in [0, 0.05) is 6.61 Å². The van der Waals surface area contributed by atoms with Gasteiger partial charge in [0.1, 0.15) is 0 Å². The molecule has 1 aliphatic heterocycles. The van der Waals surface area contributed by atoms with E-state index in [1.165, 1.54) is 0 Å². The first-order chi connectivity index (χ1) is 5.74. The second-order valence-electron chi connectivity index (χ2n) is 2.45. The van der Waals surface area contributed by atoms with Crippen molar-refractivity contribution in [2.24, 2.45) is 0 Å². The predicted octanol–water partition coefficient (Wildman–Crippen LogP) is 1.24. The molecule has 1 fully saturated rings. The third-order valence-corrected chi connectivity index (χ3v) is 1.38. The van der Waals surface area contributed by atoms with E-state index < -0.39 is 18.6 Å². The molecule has 2 unspecified atom stereocenters. The smallest absolute Gasteiger partial charge is 0.421 e. The third-order valence-electron chi connectivity index (χ3n) is 1.38. The number of rotatable bonds is 4. The van der Waals surface area contributed by atoms with Crippen LogP contribution in [0.15, 0.2) is 0 Å². The fraction of sp³-hybridized carbons (Fsp3) is 0.857. The number of hydrogen-bond acceptors (Lipinski definition) is 4. The maximum absolute atomic E-state index is 12.6. The van der Waals surface area contributed by atoms with Crippen molar-refractivity contribution in [3.05, 3.63) is 0 Å². The van der Waals surface area contributed by atoms with Crippen molar-refractivity contribution < 1.29 is 23.4 Å². The molecule has 0 N–H and O–H groups in total. The molecule has 1 heterocycles. The molecule has 0 aromatic rings. The third kappa shape index (κ3) is 2.34. The van der Waals surface area contributed by atoms with Crippen LogP contribution in [0.3, 0.4) is 0 Å². The lowest BCUT2D eigenvalue weighted by atomic mass is 10.4. The molecule has 0 spiro atoms. The van der Waals surface area contributed by atoms with Crippen LogP contribution in [0.2, 0.25) is 0 Å².